The van der Waals surface area contributed by atoms with E-state index >= 15 is 0 Å². The van der Waals surface area contributed by atoms with E-state index in [9.17, 15) is 9.59 Å². The molecule has 0 unspecified atom stereocenters. The zero-order chi connectivity index (χ0) is 14.9. The van der Waals surface area contributed by atoms with Crippen LogP contribution in [0.1, 0.15) is 10.5 Å². The molecule has 2 N–H and O–H groups in total. The molecule has 0 saturated heterocycles. The van der Waals surface area contributed by atoms with Gasteiger partial charge in [0.1, 0.15) is 11.4 Å². The fourth-order valence-electron chi connectivity index (χ4n) is 1.48. The van der Waals surface area contributed by atoms with E-state index < -0.39 is 6.09 Å². The summed E-state index contributed by atoms with van der Waals surface area (Å²) in [5.74, 6) is 0.111. The number of nitrogens with zero attached hydrogens (tertiary/aromatic N) is 2. The molecule has 2 rings (SSSR count). The molecule has 0 spiro atoms. The molecule has 0 radical (unpaired) electrons. The van der Waals surface area contributed by atoms with Crippen molar-refractivity contribution in [3.8, 4) is 5.75 Å². The van der Waals surface area contributed by atoms with Gasteiger partial charge in [-0.2, -0.15) is 0 Å². The van der Waals surface area contributed by atoms with Crippen LogP contribution in [0, 0.1) is 0 Å². The Balaban J connectivity index is 1.66. The lowest BCUT2D eigenvalue weighted by atomic mass is 10.3. The highest BCUT2D eigenvalue weighted by Crippen LogP contribution is 2.07. The van der Waals surface area contributed by atoms with E-state index in [-0.39, 0.29) is 24.7 Å². The first-order valence-electron chi connectivity index (χ1n) is 6.30. The molecule has 0 bridgehead atoms. The zero-order valence-electron chi connectivity index (χ0n) is 11.2. The fraction of sp³-hybridized carbons (Fsp3) is 0.143. The minimum absolute atomic E-state index is 0.226. The molecule has 108 valence electrons. The predicted octanol–water partition coefficient (Wildman–Crippen LogP) is 0.995. The summed E-state index contributed by atoms with van der Waals surface area (Å²) in [4.78, 5) is 30.7. The van der Waals surface area contributed by atoms with Crippen LogP contribution in [0.4, 0.5) is 4.79 Å². The Hall–Kier alpha value is -2.96. The maximum absolute atomic E-state index is 11.6. The van der Waals surface area contributed by atoms with Gasteiger partial charge in [0.05, 0.1) is 6.20 Å². The van der Waals surface area contributed by atoms with E-state index in [0.29, 0.717) is 5.75 Å². The van der Waals surface area contributed by atoms with Gasteiger partial charge in [-0.1, -0.05) is 18.2 Å². The molecule has 0 aliphatic heterocycles. The molecule has 1 heterocycles. The number of carbonyl (C=O) groups excluding carboxylic acids is 2. The first-order valence-corrected chi connectivity index (χ1v) is 6.30. The molecule has 1 aromatic heterocycles. The molecule has 0 atom stereocenters. The molecule has 0 fully saturated rings. The van der Waals surface area contributed by atoms with E-state index in [4.69, 9.17) is 4.74 Å². The van der Waals surface area contributed by atoms with E-state index in [2.05, 4.69) is 20.6 Å². The Morgan fingerprint density at radius 2 is 1.81 bits per heavy atom. The second-order valence-corrected chi connectivity index (χ2v) is 3.98. The second kappa shape index (κ2) is 7.59. The predicted molar refractivity (Wildman–Crippen MR) is 74.8 cm³/mol. The van der Waals surface area contributed by atoms with Crippen LogP contribution >= 0.6 is 0 Å². The van der Waals surface area contributed by atoms with Crippen molar-refractivity contribution in [1.29, 1.82) is 0 Å². The molecular weight excluding hydrogens is 272 g/mol. The van der Waals surface area contributed by atoms with Crippen LogP contribution in [0.3, 0.4) is 0 Å². The summed E-state index contributed by atoms with van der Waals surface area (Å²) < 4.78 is 5.02. The molecule has 0 saturated carbocycles. The summed E-state index contributed by atoms with van der Waals surface area (Å²) in [6.45, 7) is 0.511. The smallest absolute Gasteiger partial charge is 0.410 e. The van der Waals surface area contributed by atoms with Crippen molar-refractivity contribution in [1.82, 2.24) is 20.6 Å². The second-order valence-electron chi connectivity index (χ2n) is 3.98. The van der Waals surface area contributed by atoms with Gasteiger partial charge in [-0.05, 0) is 12.1 Å². The number of ether oxygens (including phenoxy) is 1. The summed E-state index contributed by atoms with van der Waals surface area (Å²) in [6.07, 6.45) is 3.71. The fourth-order valence-corrected chi connectivity index (χ4v) is 1.48. The normalized spacial score (nSPS) is 9.71. The van der Waals surface area contributed by atoms with Crippen LogP contribution in [0.25, 0.3) is 0 Å². The third-order valence-electron chi connectivity index (χ3n) is 2.43. The first-order chi connectivity index (χ1) is 10.3. The maximum atomic E-state index is 11.6. The van der Waals surface area contributed by atoms with Crippen LogP contribution < -0.4 is 15.4 Å². The highest BCUT2D eigenvalue weighted by Gasteiger charge is 2.06. The van der Waals surface area contributed by atoms with Crippen LogP contribution in [0.2, 0.25) is 0 Å². The lowest BCUT2D eigenvalue weighted by Crippen LogP contribution is -2.36. The highest BCUT2D eigenvalue weighted by molar-refractivity contribution is 5.91. The number of nitrogens with one attached hydrogen (secondary N) is 2. The molecule has 7 nitrogen and oxygen atoms in total. The van der Waals surface area contributed by atoms with Gasteiger partial charge in [-0.25, -0.2) is 9.78 Å². The molecule has 21 heavy (non-hydrogen) atoms. The van der Waals surface area contributed by atoms with Gasteiger partial charge in [0.2, 0.25) is 0 Å². The van der Waals surface area contributed by atoms with Crippen molar-refractivity contribution in [3.63, 3.8) is 0 Å². The first kappa shape index (κ1) is 14.4. The Kier molecular flexibility index (Phi) is 5.22. The van der Waals surface area contributed by atoms with Crippen molar-refractivity contribution >= 4 is 12.0 Å². The highest BCUT2D eigenvalue weighted by atomic mass is 16.6. The van der Waals surface area contributed by atoms with Gasteiger partial charge < -0.3 is 15.4 Å². The van der Waals surface area contributed by atoms with Gasteiger partial charge in [-0.15, -0.1) is 0 Å². The van der Waals surface area contributed by atoms with Gasteiger partial charge in [0.25, 0.3) is 5.91 Å². The maximum Gasteiger partial charge on any atom is 0.412 e. The van der Waals surface area contributed by atoms with E-state index in [0.717, 1.165) is 0 Å². The number of amides is 2. The van der Waals surface area contributed by atoms with Crippen molar-refractivity contribution in [3.05, 3.63) is 54.6 Å². The molecular formula is C14H14N4O3. The number of aromatic nitrogens is 2. The van der Waals surface area contributed by atoms with Crippen molar-refractivity contribution in [2.24, 2.45) is 0 Å². The number of carbonyl (C=O) groups is 2. The molecule has 2 amide bonds. The van der Waals surface area contributed by atoms with Crippen LogP contribution in [-0.4, -0.2) is 35.1 Å². The van der Waals surface area contributed by atoms with Crippen molar-refractivity contribution in [2.75, 3.05) is 13.1 Å². The Morgan fingerprint density at radius 3 is 2.52 bits per heavy atom. The van der Waals surface area contributed by atoms with Gasteiger partial charge in [0, 0.05) is 25.5 Å². The summed E-state index contributed by atoms with van der Waals surface area (Å²) in [5.41, 5.74) is 0.226. The molecule has 1 aromatic carbocycles. The van der Waals surface area contributed by atoms with E-state index in [1.54, 1.807) is 24.3 Å². The number of hydrogen-bond donors (Lipinski definition) is 2. The standard InChI is InChI=1S/C14H14N4O3/c19-13(12-10-15-6-7-16-12)17-8-9-18-14(20)21-11-4-2-1-3-5-11/h1-7,10H,8-9H2,(H,17,19)(H,18,20). The Bertz CT molecular complexity index is 590. The Morgan fingerprint density at radius 1 is 1.05 bits per heavy atom. The summed E-state index contributed by atoms with van der Waals surface area (Å²) in [5, 5.41) is 5.13. The van der Waals surface area contributed by atoms with Gasteiger partial charge in [0.15, 0.2) is 0 Å². The van der Waals surface area contributed by atoms with E-state index in [1.165, 1.54) is 18.6 Å². The van der Waals surface area contributed by atoms with E-state index in [1.807, 2.05) is 6.07 Å². The van der Waals surface area contributed by atoms with Crippen LogP contribution in [-0.2, 0) is 0 Å². The van der Waals surface area contributed by atoms with Gasteiger partial charge >= 0.3 is 6.09 Å². The summed E-state index contributed by atoms with van der Waals surface area (Å²) >= 11 is 0. The molecule has 0 aliphatic rings. The topological polar surface area (TPSA) is 93.2 Å². The number of para-hydroxylation sites is 1. The van der Waals surface area contributed by atoms with Crippen LogP contribution in [0.15, 0.2) is 48.9 Å². The van der Waals surface area contributed by atoms with Gasteiger partial charge in [-0.3, -0.25) is 9.78 Å². The molecule has 2 aromatic rings. The minimum Gasteiger partial charge on any atom is -0.410 e. The zero-order valence-corrected chi connectivity index (χ0v) is 11.2. The molecule has 0 aliphatic carbocycles. The van der Waals surface area contributed by atoms with Crippen molar-refractivity contribution in [2.45, 2.75) is 0 Å². The lowest BCUT2D eigenvalue weighted by Gasteiger charge is -2.07. The van der Waals surface area contributed by atoms with Crippen molar-refractivity contribution < 1.29 is 14.3 Å². The quantitative estimate of drug-likeness (QED) is 0.800. The average Bonchev–Trinajstić information content (AvgIpc) is 2.53. The summed E-state index contributed by atoms with van der Waals surface area (Å²) in [6, 6.07) is 8.71. The number of hydrogen-bond acceptors (Lipinski definition) is 5. The monoisotopic (exact) mass is 286 g/mol. The third-order valence-corrected chi connectivity index (χ3v) is 2.43. The van der Waals surface area contributed by atoms with Crippen LogP contribution in [0.5, 0.6) is 5.75 Å². The lowest BCUT2D eigenvalue weighted by molar-refractivity contribution is 0.0948. The molecule has 7 heteroatoms. The Labute approximate surface area is 121 Å². The third kappa shape index (κ3) is 4.90. The largest absolute Gasteiger partial charge is 0.412 e. The summed E-state index contributed by atoms with van der Waals surface area (Å²) in [7, 11) is 0. The minimum atomic E-state index is -0.574. The number of rotatable bonds is 5. The average molecular weight is 286 g/mol. The number of benzene rings is 1. The SMILES string of the molecule is O=C(NCCNC(=O)c1cnccn1)Oc1ccccc1.